The fourth-order valence-electron chi connectivity index (χ4n) is 0.336. The molecule has 4 nitrogen and oxygen atoms in total. The van der Waals surface area contributed by atoms with Crippen molar-refractivity contribution in [3.8, 4) is 6.07 Å². The van der Waals surface area contributed by atoms with Crippen molar-refractivity contribution in [2.45, 2.75) is 6.92 Å². The molecule has 0 rings (SSSR count). The van der Waals surface area contributed by atoms with Crippen LogP contribution in [-0.4, -0.2) is 17.7 Å². The van der Waals surface area contributed by atoms with Crippen LogP contribution in [-0.2, 0) is 9.53 Å². The van der Waals surface area contributed by atoms with Crippen LogP contribution in [0.3, 0.4) is 0 Å². The SMILES string of the molecule is CCOC(=O)C(C#N)=CO.[H-].[K+]. The van der Waals surface area contributed by atoms with Crippen LogP contribution in [0, 0.1) is 11.3 Å². The van der Waals surface area contributed by atoms with E-state index in [1.165, 1.54) is 6.07 Å². The monoisotopic (exact) mass is 181 g/mol. The van der Waals surface area contributed by atoms with Crippen molar-refractivity contribution in [2.75, 3.05) is 6.61 Å². The van der Waals surface area contributed by atoms with Gasteiger partial charge in [0.05, 0.1) is 6.61 Å². The summed E-state index contributed by atoms with van der Waals surface area (Å²) in [5.74, 6) is -0.799. The number of ether oxygens (including phenoxy) is 1. The summed E-state index contributed by atoms with van der Waals surface area (Å²) in [6.45, 7) is 1.81. The fraction of sp³-hybridized carbons (Fsp3) is 0.333. The summed E-state index contributed by atoms with van der Waals surface area (Å²) in [7, 11) is 0. The van der Waals surface area contributed by atoms with Gasteiger partial charge < -0.3 is 11.3 Å². The molecular formula is C6H8KNO3. The van der Waals surface area contributed by atoms with E-state index in [0.29, 0.717) is 6.26 Å². The van der Waals surface area contributed by atoms with E-state index in [1.54, 1.807) is 6.92 Å². The summed E-state index contributed by atoms with van der Waals surface area (Å²) in [4.78, 5) is 10.5. The van der Waals surface area contributed by atoms with E-state index >= 15 is 0 Å². The molecule has 0 saturated heterocycles. The van der Waals surface area contributed by atoms with Gasteiger partial charge in [0.25, 0.3) is 0 Å². The van der Waals surface area contributed by atoms with Crippen LogP contribution in [0.1, 0.15) is 8.35 Å². The third-order valence-corrected chi connectivity index (χ3v) is 0.745. The molecule has 0 aliphatic carbocycles. The zero-order valence-corrected chi connectivity index (χ0v) is 9.62. The number of carbonyl (C=O) groups is 1. The van der Waals surface area contributed by atoms with Crippen LogP contribution in [0.25, 0.3) is 0 Å². The predicted octanol–water partition coefficient (Wildman–Crippen LogP) is -2.37. The van der Waals surface area contributed by atoms with Crippen molar-refractivity contribution in [1.82, 2.24) is 0 Å². The van der Waals surface area contributed by atoms with Crippen molar-refractivity contribution in [3.63, 3.8) is 0 Å². The Kier molecular flexibility index (Phi) is 10.3. The van der Waals surface area contributed by atoms with Gasteiger partial charge in [0.2, 0.25) is 0 Å². The Morgan fingerprint density at radius 3 is 2.73 bits per heavy atom. The standard InChI is InChI=1S/C6H7NO3.K.H/c1-2-10-6(9)5(3-7)4-8;;/h4,8H,2H2,1H3;;/q;+1;-1. The zero-order valence-electron chi connectivity index (χ0n) is 7.50. The summed E-state index contributed by atoms with van der Waals surface area (Å²) in [5.41, 5.74) is -0.387. The van der Waals surface area contributed by atoms with Crippen molar-refractivity contribution in [3.05, 3.63) is 11.8 Å². The van der Waals surface area contributed by atoms with E-state index in [2.05, 4.69) is 4.74 Å². The van der Waals surface area contributed by atoms with Gasteiger partial charge in [-0.15, -0.1) is 0 Å². The van der Waals surface area contributed by atoms with Crippen molar-refractivity contribution in [2.24, 2.45) is 0 Å². The second kappa shape index (κ2) is 8.24. The van der Waals surface area contributed by atoms with Gasteiger partial charge in [-0.05, 0) is 6.92 Å². The Morgan fingerprint density at radius 1 is 1.91 bits per heavy atom. The molecule has 0 fully saturated rings. The molecule has 11 heavy (non-hydrogen) atoms. The van der Waals surface area contributed by atoms with Gasteiger partial charge in [0.15, 0.2) is 5.57 Å². The number of aliphatic hydroxyl groups is 1. The van der Waals surface area contributed by atoms with Crippen LogP contribution in [0.5, 0.6) is 0 Å². The number of aliphatic hydroxyl groups excluding tert-OH is 1. The molecule has 56 valence electrons. The van der Waals surface area contributed by atoms with Gasteiger partial charge >= 0.3 is 57.4 Å². The maximum atomic E-state index is 10.5. The molecule has 0 aromatic carbocycles. The predicted molar refractivity (Wildman–Crippen MR) is 34.1 cm³/mol. The Hall–Kier alpha value is 0.136. The molecule has 0 unspecified atom stereocenters. The number of rotatable bonds is 2. The van der Waals surface area contributed by atoms with Crippen molar-refractivity contribution in [1.29, 1.82) is 5.26 Å². The maximum Gasteiger partial charge on any atom is 1.00 e. The van der Waals surface area contributed by atoms with Crippen LogP contribution in [0.15, 0.2) is 11.8 Å². The molecule has 0 aliphatic heterocycles. The third-order valence-electron chi connectivity index (χ3n) is 0.745. The molecule has 5 heteroatoms. The van der Waals surface area contributed by atoms with Crippen LogP contribution < -0.4 is 51.4 Å². The summed E-state index contributed by atoms with van der Waals surface area (Å²) in [6, 6.07) is 1.47. The maximum absolute atomic E-state index is 10.5. The van der Waals surface area contributed by atoms with Crippen molar-refractivity contribution < 1.29 is 67.4 Å². The van der Waals surface area contributed by atoms with Gasteiger partial charge in [0, 0.05) is 0 Å². The van der Waals surface area contributed by atoms with E-state index in [-0.39, 0.29) is 65.0 Å². The van der Waals surface area contributed by atoms with E-state index < -0.39 is 5.97 Å². The first-order valence-electron chi connectivity index (χ1n) is 2.67. The van der Waals surface area contributed by atoms with Crippen molar-refractivity contribution >= 4 is 5.97 Å². The first-order valence-corrected chi connectivity index (χ1v) is 2.67. The quantitative estimate of drug-likeness (QED) is 0.170. The normalized spacial score (nSPS) is 9.27. The molecule has 0 atom stereocenters. The first kappa shape index (κ1) is 13.7. The summed E-state index contributed by atoms with van der Waals surface area (Å²) < 4.78 is 4.40. The van der Waals surface area contributed by atoms with Gasteiger partial charge in [-0.25, -0.2) is 4.79 Å². The van der Waals surface area contributed by atoms with Gasteiger partial charge in [-0.1, -0.05) is 0 Å². The van der Waals surface area contributed by atoms with Crippen LogP contribution in [0.2, 0.25) is 0 Å². The molecule has 0 bridgehead atoms. The molecule has 0 aromatic rings. The minimum absolute atomic E-state index is 0. The molecule has 1 N–H and O–H groups in total. The number of carbonyl (C=O) groups excluding carboxylic acids is 1. The second-order valence-electron chi connectivity index (χ2n) is 1.38. The Bertz CT molecular complexity index is 199. The average Bonchev–Trinajstić information content (AvgIpc) is 1.91. The molecule has 0 radical (unpaired) electrons. The molecule has 0 amide bonds. The molecular weight excluding hydrogens is 173 g/mol. The number of hydrogen-bond acceptors (Lipinski definition) is 4. The molecule has 0 saturated carbocycles. The third kappa shape index (κ3) is 5.41. The second-order valence-corrected chi connectivity index (χ2v) is 1.38. The Balaban J connectivity index is -0.000000405. The topological polar surface area (TPSA) is 70.3 Å². The van der Waals surface area contributed by atoms with E-state index in [0.717, 1.165) is 0 Å². The fourth-order valence-corrected chi connectivity index (χ4v) is 0.336. The summed E-state index contributed by atoms with van der Waals surface area (Å²) >= 11 is 0. The van der Waals surface area contributed by atoms with E-state index in [1.807, 2.05) is 0 Å². The summed E-state index contributed by atoms with van der Waals surface area (Å²) in [5, 5.41) is 16.4. The number of nitriles is 1. The first-order chi connectivity index (χ1) is 4.76. The minimum Gasteiger partial charge on any atom is -1.00 e. The van der Waals surface area contributed by atoms with Gasteiger partial charge in [0.1, 0.15) is 12.3 Å². The molecule has 0 spiro atoms. The molecule has 0 aromatic heterocycles. The number of hydrogen-bond donors (Lipinski definition) is 1. The zero-order chi connectivity index (χ0) is 7.98. The Morgan fingerprint density at radius 2 is 2.45 bits per heavy atom. The van der Waals surface area contributed by atoms with E-state index in [4.69, 9.17) is 10.4 Å². The Labute approximate surface area is 109 Å². The number of esters is 1. The van der Waals surface area contributed by atoms with E-state index in [9.17, 15) is 4.79 Å². The van der Waals surface area contributed by atoms with Gasteiger partial charge in [-0.2, -0.15) is 5.26 Å². The van der Waals surface area contributed by atoms with Crippen LogP contribution >= 0.6 is 0 Å². The molecule has 0 aliphatic rings. The average molecular weight is 181 g/mol. The minimum atomic E-state index is -0.799. The van der Waals surface area contributed by atoms with Crippen LogP contribution in [0.4, 0.5) is 0 Å². The smallest absolute Gasteiger partial charge is 1.00 e. The molecule has 0 heterocycles. The summed E-state index contributed by atoms with van der Waals surface area (Å²) in [6.07, 6.45) is 0.429. The van der Waals surface area contributed by atoms with Gasteiger partial charge in [-0.3, -0.25) is 0 Å². The number of nitrogens with zero attached hydrogens (tertiary/aromatic N) is 1. The largest absolute Gasteiger partial charge is 1.00 e.